The number of carbonyl (C=O) groups is 1. The summed E-state index contributed by atoms with van der Waals surface area (Å²) in [5.41, 5.74) is 2.09. The number of fused-ring (bicyclic) bond motifs is 1. The van der Waals surface area contributed by atoms with Gasteiger partial charge in [0.05, 0.1) is 10.6 Å². The lowest BCUT2D eigenvalue weighted by Gasteiger charge is -2.27. The lowest BCUT2D eigenvalue weighted by molar-refractivity contribution is -0.117. The Morgan fingerprint density at radius 2 is 1.59 bits per heavy atom. The third-order valence-corrected chi connectivity index (χ3v) is 6.70. The van der Waals surface area contributed by atoms with E-state index in [0.717, 1.165) is 22.0 Å². The zero-order valence-corrected chi connectivity index (χ0v) is 16.3. The number of hydrogen-bond donors (Lipinski definition) is 0. The topological polar surface area (TPSA) is 57.7 Å². The Balaban J connectivity index is 1.70. The van der Waals surface area contributed by atoms with Crippen LogP contribution < -0.4 is 9.21 Å². The molecule has 7 heteroatoms. The van der Waals surface area contributed by atoms with Crippen LogP contribution in [0.25, 0.3) is 0 Å². The summed E-state index contributed by atoms with van der Waals surface area (Å²) in [6, 6.07) is 20.6. The van der Waals surface area contributed by atoms with Gasteiger partial charge in [-0.05, 0) is 54.4 Å². The number of rotatable bonds is 5. The van der Waals surface area contributed by atoms with Gasteiger partial charge in [-0.25, -0.2) is 12.8 Å². The van der Waals surface area contributed by atoms with Crippen LogP contribution in [-0.4, -0.2) is 27.4 Å². The molecule has 1 aliphatic rings. The van der Waals surface area contributed by atoms with Gasteiger partial charge in [-0.15, -0.1) is 0 Å². The van der Waals surface area contributed by atoms with Crippen LogP contribution in [0.2, 0.25) is 0 Å². The first-order valence-corrected chi connectivity index (χ1v) is 10.6. The third kappa shape index (κ3) is 3.73. The number of amides is 1. The molecule has 0 saturated carbocycles. The van der Waals surface area contributed by atoms with Crippen LogP contribution in [0.1, 0.15) is 5.56 Å². The van der Waals surface area contributed by atoms with Crippen LogP contribution in [0.4, 0.5) is 15.8 Å². The first kappa shape index (κ1) is 19.1. The maximum absolute atomic E-state index is 13.4. The second-order valence-corrected chi connectivity index (χ2v) is 8.59. The van der Waals surface area contributed by atoms with Crippen molar-refractivity contribution in [1.29, 1.82) is 0 Å². The van der Waals surface area contributed by atoms with Gasteiger partial charge in [-0.3, -0.25) is 9.10 Å². The maximum Gasteiger partial charge on any atom is 0.264 e. The van der Waals surface area contributed by atoms with Crippen molar-refractivity contribution in [3.05, 3.63) is 90.2 Å². The first-order valence-electron chi connectivity index (χ1n) is 9.18. The summed E-state index contributed by atoms with van der Waals surface area (Å²) in [6.07, 6.45) is 0.726. The van der Waals surface area contributed by atoms with E-state index in [-0.39, 0.29) is 23.0 Å². The van der Waals surface area contributed by atoms with Crippen molar-refractivity contribution >= 4 is 27.3 Å². The highest BCUT2D eigenvalue weighted by molar-refractivity contribution is 7.92. The average Bonchev–Trinajstić information content (AvgIpc) is 3.17. The SMILES string of the molecule is O=C(CN(c1ccc(F)cc1)S(=O)(=O)c1ccccc1)N1CCc2ccccc21. The quantitative estimate of drug-likeness (QED) is 0.646. The summed E-state index contributed by atoms with van der Waals surface area (Å²) in [7, 11) is -4.01. The molecule has 1 aliphatic heterocycles. The number of para-hydroxylation sites is 1. The van der Waals surface area contributed by atoms with Crippen molar-refractivity contribution in [2.75, 3.05) is 22.3 Å². The Labute approximate surface area is 169 Å². The fourth-order valence-electron chi connectivity index (χ4n) is 3.45. The summed E-state index contributed by atoms with van der Waals surface area (Å²) >= 11 is 0. The Morgan fingerprint density at radius 1 is 0.931 bits per heavy atom. The summed E-state index contributed by atoms with van der Waals surface area (Å²) in [6.45, 7) is 0.123. The molecule has 29 heavy (non-hydrogen) atoms. The highest BCUT2D eigenvalue weighted by atomic mass is 32.2. The molecule has 4 rings (SSSR count). The second kappa shape index (κ2) is 7.67. The average molecular weight is 410 g/mol. The molecule has 0 N–H and O–H groups in total. The van der Waals surface area contributed by atoms with Crippen molar-refractivity contribution in [3.8, 4) is 0 Å². The molecule has 148 valence electrons. The van der Waals surface area contributed by atoms with Gasteiger partial charge in [0.25, 0.3) is 10.0 Å². The maximum atomic E-state index is 13.4. The Morgan fingerprint density at radius 3 is 2.31 bits per heavy atom. The molecule has 1 amide bonds. The van der Waals surface area contributed by atoms with E-state index in [1.165, 1.54) is 36.4 Å². The van der Waals surface area contributed by atoms with E-state index in [1.807, 2.05) is 24.3 Å². The molecule has 1 heterocycles. The Kier molecular flexibility index (Phi) is 5.07. The van der Waals surface area contributed by atoms with E-state index in [4.69, 9.17) is 0 Å². The Bertz CT molecular complexity index is 1130. The van der Waals surface area contributed by atoms with Crippen molar-refractivity contribution in [2.45, 2.75) is 11.3 Å². The predicted molar refractivity (Wildman–Crippen MR) is 110 cm³/mol. The molecule has 3 aromatic rings. The molecule has 0 fully saturated rings. The van der Waals surface area contributed by atoms with Crippen LogP contribution in [-0.2, 0) is 21.2 Å². The minimum atomic E-state index is -4.01. The van der Waals surface area contributed by atoms with E-state index >= 15 is 0 Å². The number of halogens is 1. The number of sulfonamides is 1. The molecule has 5 nitrogen and oxygen atoms in total. The zero-order chi connectivity index (χ0) is 20.4. The summed E-state index contributed by atoms with van der Waals surface area (Å²) < 4.78 is 41.0. The van der Waals surface area contributed by atoms with Crippen molar-refractivity contribution in [2.24, 2.45) is 0 Å². The number of hydrogen-bond acceptors (Lipinski definition) is 3. The molecule has 0 aromatic heterocycles. The molecular weight excluding hydrogens is 391 g/mol. The van der Waals surface area contributed by atoms with Gasteiger partial charge in [-0.1, -0.05) is 36.4 Å². The molecule has 3 aromatic carbocycles. The van der Waals surface area contributed by atoms with Crippen LogP contribution >= 0.6 is 0 Å². The summed E-state index contributed by atoms with van der Waals surface area (Å²) in [5, 5.41) is 0. The Hall–Kier alpha value is -3.19. The molecule has 0 radical (unpaired) electrons. The molecule has 0 spiro atoms. The lowest BCUT2D eigenvalue weighted by atomic mass is 10.2. The molecule has 0 unspecified atom stereocenters. The van der Waals surface area contributed by atoms with Crippen LogP contribution in [0.5, 0.6) is 0 Å². The fraction of sp³-hybridized carbons (Fsp3) is 0.136. The monoisotopic (exact) mass is 410 g/mol. The van der Waals surface area contributed by atoms with E-state index in [1.54, 1.807) is 23.1 Å². The van der Waals surface area contributed by atoms with Gasteiger partial charge in [0.1, 0.15) is 12.4 Å². The largest absolute Gasteiger partial charge is 0.310 e. The smallest absolute Gasteiger partial charge is 0.264 e. The highest BCUT2D eigenvalue weighted by Gasteiger charge is 2.31. The molecule has 0 bridgehead atoms. The third-order valence-electron chi connectivity index (χ3n) is 4.91. The van der Waals surface area contributed by atoms with E-state index in [9.17, 15) is 17.6 Å². The normalized spacial score (nSPS) is 13.2. The molecule has 0 saturated heterocycles. The molecule has 0 aliphatic carbocycles. The summed E-state index contributed by atoms with van der Waals surface area (Å²) in [4.78, 5) is 14.8. The van der Waals surface area contributed by atoms with Gasteiger partial charge >= 0.3 is 0 Å². The number of carbonyl (C=O) groups excluding carboxylic acids is 1. The number of benzene rings is 3. The van der Waals surface area contributed by atoms with Gasteiger partial charge in [0.15, 0.2) is 0 Å². The van der Waals surface area contributed by atoms with Gasteiger partial charge in [-0.2, -0.15) is 0 Å². The standard InChI is InChI=1S/C22H19FN2O3S/c23-18-10-12-19(13-11-18)25(29(27,28)20-7-2-1-3-8-20)16-22(26)24-15-14-17-6-4-5-9-21(17)24/h1-13H,14-16H2. The number of anilines is 2. The minimum absolute atomic E-state index is 0.0685. The lowest BCUT2D eigenvalue weighted by Crippen LogP contribution is -2.42. The van der Waals surface area contributed by atoms with Crippen LogP contribution in [0.15, 0.2) is 83.8 Å². The predicted octanol–water partition coefficient (Wildman–Crippen LogP) is 3.61. The number of nitrogens with zero attached hydrogens (tertiary/aromatic N) is 2. The van der Waals surface area contributed by atoms with Gasteiger partial charge < -0.3 is 4.90 Å². The van der Waals surface area contributed by atoms with Crippen molar-refractivity contribution in [1.82, 2.24) is 0 Å². The van der Waals surface area contributed by atoms with Crippen LogP contribution in [0, 0.1) is 5.82 Å². The molecular formula is C22H19FN2O3S. The van der Waals surface area contributed by atoms with Gasteiger partial charge in [0, 0.05) is 12.2 Å². The van der Waals surface area contributed by atoms with Crippen molar-refractivity contribution in [3.63, 3.8) is 0 Å². The zero-order valence-electron chi connectivity index (χ0n) is 15.5. The van der Waals surface area contributed by atoms with Crippen LogP contribution in [0.3, 0.4) is 0 Å². The second-order valence-electron chi connectivity index (χ2n) is 6.73. The summed E-state index contributed by atoms with van der Waals surface area (Å²) in [5.74, 6) is -0.815. The van der Waals surface area contributed by atoms with E-state index in [0.29, 0.717) is 6.54 Å². The highest BCUT2D eigenvalue weighted by Crippen LogP contribution is 2.29. The van der Waals surface area contributed by atoms with E-state index < -0.39 is 15.8 Å². The fourth-order valence-corrected chi connectivity index (χ4v) is 4.88. The first-order chi connectivity index (χ1) is 14.0. The van der Waals surface area contributed by atoms with E-state index in [2.05, 4.69) is 0 Å². The van der Waals surface area contributed by atoms with Crippen molar-refractivity contribution < 1.29 is 17.6 Å². The minimum Gasteiger partial charge on any atom is -0.310 e. The van der Waals surface area contributed by atoms with Gasteiger partial charge in [0.2, 0.25) is 5.91 Å². The molecule has 0 atom stereocenters.